The third-order valence-electron chi connectivity index (χ3n) is 5.04. The summed E-state index contributed by atoms with van der Waals surface area (Å²) in [7, 11) is 1.61. The molecule has 0 spiro atoms. The number of carbonyl (C=O) groups is 2. The van der Waals surface area contributed by atoms with E-state index < -0.39 is 17.6 Å². The zero-order valence-corrected chi connectivity index (χ0v) is 16.7. The van der Waals surface area contributed by atoms with E-state index in [9.17, 15) is 14.0 Å². The summed E-state index contributed by atoms with van der Waals surface area (Å²) in [6, 6.07) is 17.3. The van der Waals surface area contributed by atoms with Crippen LogP contribution >= 0.6 is 0 Å². The van der Waals surface area contributed by atoms with Gasteiger partial charge in [0.25, 0.3) is 5.91 Å². The molecule has 4 nitrogen and oxygen atoms in total. The van der Waals surface area contributed by atoms with E-state index in [1.54, 1.807) is 37.4 Å². The van der Waals surface area contributed by atoms with Crippen LogP contribution in [0, 0.1) is 19.7 Å². The number of hydrogen-bond donors (Lipinski definition) is 1. The second-order valence-corrected chi connectivity index (χ2v) is 7.22. The summed E-state index contributed by atoms with van der Waals surface area (Å²) in [4.78, 5) is 25.3. The molecule has 0 atom stereocenters. The highest BCUT2D eigenvalue weighted by molar-refractivity contribution is 5.95. The van der Waals surface area contributed by atoms with Gasteiger partial charge in [0, 0.05) is 19.2 Å². The monoisotopic (exact) mass is 390 g/mol. The van der Waals surface area contributed by atoms with Gasteiger partial charge in [-0.05, 0) is 65.9 Å². The van der Waals surface area contributed by atoms with Gasteiger partial charge in [-0.3, -0.25) is 9.59 Å². The summed E-state index contributed by atoms with van der Waals surface area (Å²) in [6.45, 7) is 4.33. The van der Waals surface area contributed by atoms with Crippen molar-refractivity contribution in [2.45, 2.75) is 20.4 Å². The van der Waals surface area contributed by atoms with Gasteiger partial charge in [0.2, 0.25) is 5.91 Å². The van der Waals surface area contributed by atoms with Gasteiger partial charge < -0.3 is 10.6 Å². The Balaban J connectivity index is 1.77. The van der Waals surface area contributed by atoms with E-state index >= 15 is 0 Å². The minimum atomic E-state index is -0.554. The lowest BCUT2D eigenvalue weighted by Crippen LogP contribution is -2.27. The first-order valence-corrected chi connectivity index (χ1v) is 9.27. The van der Waals surface area contributed by atoms with E-state index in [1.807, 2.05) is 32.0 Å². The molecule has 0 saturated carbocycles. The van der Waals surface area contributed by atoms with Crippen LogP contribution in [0.1, 0.15) is 37.4 Å². The van der Waals surface area contributed by atoms with Crippen LogP contribution in [0.2, 0.25) is 0 Å². The van der Waals surface area contributed by atoms with Crippen LogP contribution in [-0.2, 0) is 6.54 Å². The fourth-order valence-electron chi connectivity index (χ4n) is 3.11. The van der Waals surface area contributed by atoms with Crippen molar-refractivity contribution in [1.29, 1.82) is 0 Å². The summed E-state index contributed by atoms with van der Waals surface area (Å²) in [5.74, 6) is -1.47. The number of hydrogen-bond acceptors (Lipinski definition) is 2. The molecule has 0 bridgehead atoms. The molecule has 3 aromatic rings. The van der Waals surface area contributed by atoms with Crippen molar-refractivity contribution in [3.63, 3.8) is 0 Å². The molecular formula is C24H23FN2O2. The Morgan fingerprint density at radius 2 is 1.52 bits per heavy atom. The molecule has 0 heterocycles. The van der Waals surface area contributed by atoms with Crippen LogP contribution < -0.4 is 5.73 Å². The fraction of sp³-hybridized carbons (Fsp3) is 0.167. The molecule has 2 amide bonds. The third-order valence-corrected chi connectivity index (χ3v) is 5.04. The lowest BCUT2D eigenvalue weighted by Gasteiger charge is -2.18. The Bertz CT molecular complexity index is 1070. The molecule has 0 aliphatic carbocycles. The van der Waals surface area contributed by atoms with Crippen molar-refractivity contribution in [2.75, 3.05) is 7.05 Å². The normalized spacial score (nSPS) is 10.6. The minimum Gasteiger partial charge on any atom is -0.366 e. The first kappa shape index (κ1) is 20.3. The molecule has 148 valence electrons. The summed E-state index contributed by atoms with van der Waals surface area (Å²) in [6.07, 6.45) is 0. The molecule has 29 heavy (non-hydrogen) atoms. The maximum atomic E-state index is 14.7. The van der Waals surface area contributed by atoms with Crippen molar-refractivity contribution in [3.8, 4) is 11.1 Å². The maximum absolute atomic E-state index is 14.7. The lowest BCUT2D eigenvalue weighted by molar-refractivity contribution is 0.0780. The van der Waals surface area contributed by atoms with E-state index in [0.717, 1.165) is 22.3 Å². The van der Waals surface area contributed by atoms with Gasteiger partial charge in [0.1, 0.15) is 5.82 Å². The van der Waals surface area contributed by atoms with Gasteiger partial charge >= 0.3 is 0 Å². The van der Waals surface area contributed by atoms with Crippen molar-refractivity contribution >= 4 is 11.8 Å². The maximum Gasteiger partial charge on any atom is 0.256 e. The molecule has 0 saturated heterocycles. The standard InChI is InChI=1S/C24H23FN2O2/c1-15-4-7-19(12-16(15)2)20-10-11-21(22(25)13-20)24(29)27(3)14-17-5-8-18(9-6-17)23(26)28/h4-13H,14H2,1-3H3,(H2,26,28). The lowest BCUT2D eigenvalue weighted by atomic mass is 9.99. The molecule has 0 radical (unpaired) electrons. The van der Waals surface area contributed by atoms with Crippen LogP contribution in [0.5, 0.6) is 0 Å². The van der Waals surface area contributed by atoms with Crippen LogP contribution in [-0.4, -0.2) is 23.8 Å². The van der Waals surface area contributed by atoms with Gasteiger partial charge in [0.15, 0.2) is 0 Å². The second-order valence-electron chi connectivity index (χ2n) is 7.22. The number of carbonyl (C=O) groups excluding carboxylic acids is 2. The summed E-state index contributed by atoms with van der Waals surface area (Å²) in [5, 5.41) is 0. The molecule has 3 rings (SSSR count). The molecule has 3 aromatic carbocycles. The molecule has 5 heteroatoms. The number of nitrogens with zero attached hydrogens (tertiary/aromatic N) is 1. The molecular weight excluding hydrogens is 367 g/mol. The largest absolute Gasteiger partial charge is 0.366 e. The number of aryl methyl sites for hydroxylation is 2. The number of nitrogens with two attached hydrogens (primary N) is 1. The first-order chi connectivity index (χ1) is 13.8. The van der Waals surface area contributed by atoms with Gasteiger partial charge in [0.05, 0.1) is 5.56 Å². The fourth-order valence-corrected chi connectivity index (χ4v) is 3.11. The van der Waals surface area contributed by atoms with Crippen molar-refractivity contribution in [1.82, 2.24) is 4.90 Å². The van der Waals surface area contributed by atoms with Gasteiger partial charge in [-0.1, -0.05) is 36.4 Å². The van der Waals surface area contributed by atoms with Crippen molar-refractivity contribution in [3.05, 3.63) is 94.3 Å². The summed E-state index contributed by atoms with van der Waals surface area (Å²) >= 11 is 0. The molecule has 0 aliphatic heterocycles. The Morgan fingerprint density at radius 1 is 0.897 bits per heavy atom. The smallest absolute Gasteiger partial charge is 0.256 e. The Kier molecular flexibility index (Phi) is 5.78. The van der Waals surface area contributed by atoms with E-state index in [0.29, 0.717) is 5.56 Å². The molecule has 0 fully saturated rings. The Morgan fingerprint density at radius 3 is 2.10 bits per heavy atom. The number of amides is 2. The summed E-state index contributed by atoms with van der Waals surface area (Å²) < 4.78 is 14.7. The topological polar surface area (TPSA) is 63.4 Å². The van der Waals surface area contributed by atoms with E-state index in [1.165, 1.54) is 22.6 Å². The average molecular weight is 390 g/mol. The van der Waals surface area contributed by atoms with Gasteiger partial charge in [-0.15, -0.1) is 0 Å². The predicted octanol–water partition coefficient (Wildman–Crippen LogP) is 4.48. The minimum absolute atomic E-state index is 0.0221. The summed E-state index contributed by atoms with van der Waals surface area (Å²) in [5.41, 5.74) is 10.4. The first-order valence-electron chi connectivity index (χ1n) is 9.27. The molecule has 0 aliphatic rings. The van der Waals surface area contributed by atoms with E-state index in [4.69, 9.17) is 5.73 Å². The van der Waals surface area contributed by atoms with Crippen molar-refractivity contribution < 1.29 is 14.0 Å². The molecule has 0 unspecified atom stereocenters. The number of halogens is 1. The average Bonchev–Trinajstić information content (AvgIpc) is 2.69. The molecule has 2 N–H and O–H groups in total. The van der Waals surface area contributed by atoms with E-state index in [-0.39, 0.29) is 12.1 Å². The molecule has 0 aromatic heterocycles. The van der Waals surface area contributed by atoms with Crippen LogP contribution in [0.3, 0.4) is 0 Å². The quantitative estimate of drug-likeness (QED) is 0.698. The second kappa shape index (κ2) is 8.27. The van der Waals surface area contributed by atoms with Crippen molar-refractivity contribution in [2.24, 2.45) is 5.73 Å². The Labute approximate surface area is 169 Å². The van der Waals surface area contributed by atoms with Gasteiger partial charge in [-0.2, -0.15) is 0 Å². The third kappa shape index (κ3) is 4.51. The van der Waals surface area contributed by atoms with Gasteiger partial charge in [-0.25, -0.2) is 4.39 Å². The Hall–Kier alpha value is -3.47. The number of primary amides is 1. The van der Waals surface area contributed by atoms with Crippen LogP contribution in [0.15, 0.2) is 60.7 Å². The van der Waals surface area contributed by atoms with E-state index in [2.05, 4.69) is 0 Å². The van der Waals surface area contributed by atoms with Crippen LogP contribution in [0.25, 0.3) is 11.1 Å². The highest BCUT2D eigenvalue weighted by Crippen LogP contribution is 2.25. The number of rotatable bonds is 5. The highest BCUT2D eigenvalue weighted by atomic mass is 19.1. The SMILES string of the molecule is Cc1ccc(-c2ccc(C(=O)N(C)Cc3ccc(C(N)=O)cc3)c(F)c2)cc1C. The zero-order chi connectivity index (χ0) is 21.1. The van der Waals surface area contributed by atoms with Crippen LogP contribution in [0.4, 0.5) is 4.39 Å². The predicted molar refractivity (Wildman–Crippen MR) is 112 cm³/mol. The highest BCUT2D eigenvalue weighted by Gasteiger charge is 2.17. The number of benzene rings is 3. The zero-order valence-electron chi connectivity index (χ0n) is 16.7.